The number of nitrogens with one attached hydrogen (secondary N) is 2. The summed E-state index contributed by atoms with van der Waals surface area (Å²) in [6, 6.07) is 0.358. The normalized spacial score (nSPS) is 21.2. The first kappa shape index (κ1) is 18.1. The third-order valence-corrected chi connectivity index (χ3v) is 5.19. The van der Waals surface area contributed by atoms with E-state index >= 15 is 0 Å². The van der Waals surface area contributed by atoms with Crippen LogP contribution in [0.1, 0.15) is 63.3 Å². The van der Waals surface area contributed by atoms with E-state index in [1.165, 1.54) is 0 Å². The van der Waals surface area contributed by atoms with E-state index in [-0.39, 0.29) is 17.2 Å². The molecule has 0 saturated heterocycles. The maximum atomic E-state index is 13.1. The van der Waals surface area contributed by atoms with E-state index in [2.05, 4.69) is 34.4 Å². The summed E-state index contributed by atoms with van der Waals surface area (Å²) in [7, 11) is 0. The Hall–Kier alpha value is -2.32. The fraction of sp³-hybridized carbons (Fsp3) is 0.611. The Kier molecular flexibility index (Phi) is 4.08. The fourth-order valence-corrected chi connectivity index (χ4v) is 3.28. The molecule has 2 heterocycles. The lowest BCUT2D eigenvalue weighted by Gasteiger charge is -2.13. The lowest BCUT2D eigenvalue weighted by molar-refractivity contribution is -0.137. The number of alkyl halides is 3. The van der Waals surface area contributed by atoms with Crippen molar-refractivity contribution in [1.82, 2.24) is 19.7 Å². The highest BCUT2D eigenvalue weighted by Gasteiger charge is 2.48. The first-order valence-electron chi connectivity index (χ1n) is 9.23. The molecule has 0 aromatic carbocycles. The molecule has 0 radical (unpaired) electrons. The average Bonchev–Trinajstić information content (AvgIpc) is 3.47. The van der Waals surface area contributed by atoms with Crippen LogP contribution in [-0.2, 0) is 6.18 Å². The number of hydrogen-bond acceptors (Lipinski definition) is 5. The lowest BCUT2D eigenvalue weighted by atomic mass is 10.2. The van der Waals surface area contributed by atoms with Gasteiger partial charge in [0, 0.05) is 24.9 Å². The van der Waals surface area contributed by atoms with Crippen molar-refractivity contribution in [3.8, 4) is 0 Å². The predicted molar refractivity (Wildman–Crippen MR) is 96.1 cm³/mol. The third kappa shape index (κ3) is 3.59. The molecule has 27 heavy (non-hydrogen) atoms. The predicted octanol–water partition coefficient (Wildman–Crippen LogP) is 4.72. The summed E-state index contributed by atoms with van der Waals surface area (Å²) in [5.74, 6) is 0.319. The second-order valence-electron chi connectivity index (χ2n) is 8.00. The summed E-state index contributed by atoms with van der Waals surface area (Å²) >= 11 is 0. The van der Waals surface area contributed by atoms with Crippen molar-refractivity contribution < 1.29 is 13.2 Å². The van der Waals surface area contributed by atoms with Crippen LogP contribution >= 0.6 is 0 Å². The number of rotatable bonds is 6. The van der Waals surface area contributed by atoms with Gasteiger partial charge in [0.25, 0.3) is 0 Å². The standard InChI is InChI=1S/C18H23F3N6/c1-4-22-15-11(18(19,20)21)8-23-16(25-15)24-12-9-27(13-7-17(13,2)3)26-14(12)10-5-6-10/h8-10,13H,4-7H2,1-3H3,(H2,22,23,24,25). The SMILES string of the molecule is CCNc1nc(Nc2cn(C3CC3(C)C)nc2C2CC2)ncc1C(F)(F)F. The van der Waals surface area contributed by atoms with E-state index in [1.807, 2.05) is 10.9 Å². The van der Waals surface area contributed by atoms with Gasteiger partial charge in [-0.25, -0.2) is 4.98 Å². The quantitative estimate of drug-likeness (QED) is 0.759. The summed E-state index contributed by atoms with van der Waals surface area (Å²) in [6.07, 6.45) is 1.48. The number of hydrogen-bond donors (Lipinski definition) is 2. The average molecular weight is 380 g/mol. The number of aromatic nitrogens is 4. The van der Waals surface area contributed by atoms with Crippen LogP contribution in [-0.4, -0.2) is 26.3 Å². The minimum Gasteiger partial charge on any atom is -0.370 e. The van der Waals surface area contributed by atoms with Gasteiger partial charge in [-0.15, -0.1) is 0 Å². The minimum absolute atomic E-state index is 0.135. The maximum absolute atomic E-state index is 13.1. The van der Waals surface area contributed by atoms with Gasteiger partial charge in [0.1, 0.15) is 11.4 Å². The summed E-state index contributed by atoms with van der Waals surface area (Å²) < 4.78 is 41.4. The molecular formula is C18H23F3N6. The van der Waals surface area contributed by atoms with Crippen LogP contribution < -0.4 is 10.6 Å². The van der Waals surface area contributed by atoms with Crippen LogP contribution in [0.5, 0.6) is 0 Å². The van der Waals surface area contributed by atoms with Gasteiger partial charge in [-0.3, -0.25) is 4.68 Å². The zero-order valence-electron chi connectivity index (χ0n) is 15.6. The van der Waals surface area contributed by atoms with Gasteiger partial charge in [-0.2, -0.15) is 23.3 Å². The Morgan fingerprint density at radius 2 is 2.00 bits per heavy atom. The number of halogens is 3. The van der Waals surface area contributed by atoms with Crippen LogP contribution in [0.15, 0.2) is 12.4 Å². The molecule has 0 bridgehead atoms. The van der Waals surface area contributed by atoms with Gasteiger partial charge >= 0.3 is 6.18 Å². The molecule has 0 spiro atoms. The number of anilines is 3. The van der Waals surface area contributed by atoms with Gasteiger partial charge in [0.2, 0.25) is 5.95 Å². The van der Waals surface area contributed by atoms with Crippen molar-refractivity contribution in [3.05, 3.63) is 23.7 Å². The Morgan fingerprint density at radius 1 is 1.30 bits per heavy atom. The minimum atomic E-state index is -4.50. The van der Waals surface area contributed by atoms with Gasteiger partial charge < -0.3 is 10.6 Å². The first-order valence-corrected chi connectivity index (χ1v) is 9.23. The molecule has 2 N–H and O–H groups in total. The number of nitrogens with zero attached hydrogens (tertiary/aromatic N) is 4. The van der Waals surface area contributed by atoms with Crippen molar-refractivity contribution in [3.63, 3.8) is 0 Å². The smallest absolute Gasteiger partial charge is 0.370 e. The van der Waals surface area contributed by atoms with Gasteiger partial charge in [-0.05, 0) is 31.6 Å². The van der Waals surface area contributed by atoms with Crippen molar-refractivity contribution >= 4 is 17.5 Å². The molecule has 0 aliphatic heterocycles. The Labute approximate surface area is 155 Å². The highest BCUT2D eigenvalue weighted by Crippen LogP contribution is 2.56. The first-order chi connectivity index (χ1) is 12.7. The monoisotopic (exact) mass is 380 g/mol. The fourth-order valence-electron chi connectivity index (χ4n) is 3.28. The highest BCUT2D eigenvalue weighted by atomic mass is 19.4. The molecule has 1 atom stereocenters. The van der Waals surface area contributed by atoms with E-state index in [4.69, 9.17) is 5.10 Å². The van der Waals surface area contributed by atoms with E-state index in [0.717, 1.165) is 36.8 Å². The van der Waals surface area contributed by atoms with Crippen LogP contribution in [0, 0.1) is 5.41 Å². The van der Waals surface area contributed by atoms with Crippen LogP contribution in [0.4, 0.5) is 30.6 Å². The molecule has 2 aromatic heterocycles. The van der Waals surface area contributed by atoms with Crippen molar-refractivity contribution in [2.45, 2.75) is 58.2 Å². The maximum Gasteiger partial charge on any atom is 0.421 e. The largest absolute Gasteiger partial charge is 0.421 e. The zero-order valence-corrected chi connectivity index (χ0v) is 15.6. The molecule has 146 valence electrons. The molecule has 1 unspecified atom stereocenters. The van der Waals surface area contributed by atoms with E-state index in [0.29, 0.717) is 18.5 Å². The topological polar surface area (TPSA) is 67.7 Å². The molecule has 4 rings (SSSR count). The van der Waals surface area contributed by atoms with Gasteiger partial charge in [0.15, 0.2) is 0 Å². The van der Waals surface area contributed by atoms with E-state index in [9.17, 15) is 13.2 Å². The van der Waals surface area contributed by atoms with Crippen molar-refractivity contribution in [2.24, 2.45) is 5.41 Å². The van der Waals surface area contributed by atoms with Gasteiger partial charge in [-0.1, -0.05) is 13.8 Å². The third-order valence-electron chi connectivity index (χ3n) is 5.19. The summed E-state index contributed by atoms with van der Waals surface area (Å²) in [4.78, 5) is 7.94. The molecule has 2 aromatic rings. The summed E-state index contributed by atoms with van der Waals surface area (Å²) in [5.41, 5.74) is 1.09. The summed E-state index contributed by atoms with van der Waals surface area (Å²) in [6.45, 7) is 6.46. The summed E-state index contributed by atoms with van der Waals surface area (Å²) in [5, 5.41) is 10.5. The Balaban J connectivity index is 1.63. The van der Waals surface area contributed by atoms with E-state index < -0.39 is 11.7 Å². The highest BCUT2D eigenvalue weighted by molar-refractivity contribution is 5.59. The molecule has 9 heteroatoms. The molecule has 2 saturated carbocycles. The van der Waals surface area contributed by atoms with Crippen LogP contribution in [0.25, 0.3) is 0 Å². The van der Waals surface area contributed by atoms with E-state index in [1.54, 1.807) is 6.92 Å². The van der Waals surface area contributed by atoms with Crippen LogP contribution in [0.3, 0.4) is 0 Å². The Morgan fingerprint density at radius 3 is 2.56 bits per heavy atom. The molecule has 6 nitrogen and oxygen atoms in total. The molecule has 2 fully saturated rings. The van der Waals surface area contributed by atoms with Crippen LogP contribution in [0.2, 0.25) is 0 Å². The van der Waals surface area contributed by atoms with Crippen molar-refractivity contribution in [2.75, 3.05) is 17.2 Å². The second kappa shape index (κ2) is 6.10. The molecular weight excluding hydrogens is 357 g/mol. The molecule has 2 aliphatic carbocycles. The van der Waals surface area contributed by atoms with Crippen molar-refractivity contribution in [1.29, 1.82) is 0 Å². The molecule has 2 aliphatic rings. The zero-order chi connectivity index (χ0) is 19.4. The van der Waals surface area contributed by atoms with Gasteiger partial charge in [0.05, 0.1) is 17.4 Å². The second-order valence-corrected chi connectivity index (χ2v) is 8.00. The lowest BCUT2D eigenvalue weighted by Crippen LogP contribution is -2.14. The Bertz CT molecular complexity index is 853. The molecule has 0 amide bonds.